The highest BCUT2D eigenvalue weighted by Crippen LogP contribution is 2.26. The number of amides is 1. The summed E-state index contributed by atoms with van der Waals surface area (Å²) in [6.07, 6.45) is -3.31. The number of halogens is 4. The molecule has 1 atom stereocenters. The van der Waals surface area contributed by atoms with Gasteiger partial charge >= 0.3 is 6.36 Å². The number of hydrogen-bond donors (Lipinski definition) is 1. The van der Waals surface area contributed by atoms with Crippen LogP contribution >= 0.6 is 0 Å². The van der Waals surface area contributed by atoms with Crippen molar-refractivity contribution in [1.82, 2.24) is 10.2 Å². The predicted molar refractivity (Wildman–Crippen MR) is 114 cm³/mol. The number of aromatic nitrogens is 2. The topological polar surface area (TPSA) is 67.3 Å². The summed E-state index contributed by atoms with van der Waals surface area (Å²) in [5, 5.41) is 11.2. The molecule has 0 saturated carbocycles. The number of alkyl halides is 3. The lowest BCUT2D eigenvalue weighted by Gasteiger charge is -2.32. The van der Waals surface area contributed by atoms with Crippen LogP contribution in [0.3, 0.4) is 0 Å². The van der Waals surface area contributed by atoms with Gasteiger partial charge in [-0.1, -0.05) is 0 Å². The Kier molecular flexibility index (Phi) is 6.43. The fraction of sp³-hybridized carbons (Fsp3) is 0.261. The average Bonchev–Trinajstić information content (AvgIpc) is 2.80. The molecule has 1 N–H and O–H groups in total. The molecule has 1 unspecified atom stereocenters. The Bertz CT molecular complexity index is 1090. The van der Waals surface area contributed by atoms with Crippen LogP contribution in [0.15, 0.2) is 60.7 Å². The Labute approximate surface area is 187 Å². The van der Waals surface area contributed by atoms with Crippen molar-refractivity contribution in [2.75, 3.05) is 23.3 Å². The number of ether oxygens (including phenoxy) is 1. The molecule has 4 rings (SSSR count). The van der Waals surface area contributed by atoms with Crippen LogP contribution in [0.2, 0.25) is 0 Å². The molecule has 3 aromatic rings. The first-order chi connectivity index (χ1) is 15.8. The normalized spacial score (nSPS) is 16.4. The first-order valence-electron chi connectivity index (χ1n) is 10.3. The van der Waals surface area contributed by atoms with Crippen molar-refractivity contribution >= 4 is 17.4 Å². The number of rotatable bonds is 5. The van der Waals surface area contributed by atoms with Gasteiger partial charge < -0.3 is 15.0 Å². The second-order valence-corrected chi connectivity index (χ2v) is 7.63. The van der Waals surface area contributed by atoms with Gasteiger partial charge in [0.15, 0.2) is 5.82 Å². The van der Waals surface area contributed by atoms with Crippen LogP contribution in [0.25, 0.3) is 11.3 Å². The summed E-state index contributed by atoms with van der Waals surface area (Å²) >= 11 is 0. The lowest BCUT2D eigenvalue weighted by atomic mass is 9.97. The molecule has 10 heteroatoms. The van der Waals surface area contributed by atoms with Gasteiger partial charge in [0.05, 0.1) is 11.6 Å². The maximum atomic E-state index is 13.1. The number of carbonyl (C=O) groups is 1. The van der Waals surface area contributed by atoms with Crippen LogP contribution in [0.4, 0.5) is 29.1 Å². The third-order valence-electron chi connectivity index (χ3n) is 5.26. The van der Waals surface area contributed by atoms with Gasteiger partial charge in [-0.15, -0.1) is 23.4 Å². The highest BCUT2D eigenvalue weighted by Gasteiger charge is 2.31. The summed E-state index contributed by atoms with van der Waals surface area (Å²) in [5.74, 6) is -0.589. The quantitative estimate of drug-likeness (QED) is 0.541. The van der Waals surface area contributed by atoms with Crippen molar-refractivity contribution in [3.05, 3.63) is 66.5 Å². The Balaban J connectivity index is 1.37. The van der Waals surface area contributed by atoms with E-state index in [1.54, 1.807) is 18.2 Å². The monoisotopic (exact) mass is 460 g/mol. The zero-order valence-corrected chi connectivity index (χ0v) is 17.3. The number of nitrogens with one attached hydrogen (secondary N) is 1. The van der Waals surface area contributed by atoms with Crippen molar-refractivity contribution in [2.45, 2.75) is 19.2 Å². The Hall–Kier alpha value is -3.69. The first-order valence-corrected chi connectivity index (χ1v) is 10.3. The zero-order chi connectivity index (χ0) is 23.4. The molecule has 1 aromatic heterocycles. The molecule has 1 fully saturated rings. The van der Waals surface area contributed by atoms with Crippen LogP contribution < -0.4 is 15.0 Å². The molecular weight excluding hydrogens is 440 g/mol. The van der Waals surface area contributed by atoms with Gasteiger partial charge in [0.25, 0.3) is 0 Å². The molecule has 2 aromatic carbocycles. The summed E-state index contributed by atoms with van der Waals surface area (Å²) in [6, 6.07) is 14.6. The Morgan fingerprint density at radius 3 is 2.36 bits per heavy atom. The van der Waals surface area contributed by atoms with Crippen LogP contribution in [0.1, 0.15) is 12.8 Å². The molecule has 1 aliphatic rings. The van der Waals surface area contributed by atoms with E-state index in [4.69, 9.17) is 0 Å². The Morgan fingerprint density at radius 1 is 1.00 bits per heavy atom. The van der Waals surface area contributed by atoms with E-state index in [0.29, 0.717) is 30.2 Å². The van der Waals surface area contributed by atoms with Crippen LogP contribution in [-0.2, 0) is 4.79 Å². The summed E-state index contributed by atoms with van der Waals surface area (Å²) in [7, 11) is 0. The summed E-state index contributed by atoms with van der Waals surface area (Å²) in [4.78, 5) is 14.7. The minimum absolute atomic E-state index is 0.222. The second kappa shape index (κ2) is 9.43. The molecule has 33 heavy (non-hydrogen) atoms. The number of carbonyl (C=O) groups excluding carboxylic acids is 1. The van der Waals surface area contributed by atoms with Crippen molar-refractivity contribution in [3.63, 3.8) is 0 Å². The highest BCUT2D eigenvalue weighted by atomic mass is 19.4. The van der Waals surface area contributed by atoms with Gasteiger partial charge in [0.2, 0.25) is 5.91 Å². The standard InChI is InChI=1S/C23H20F4N4O2/c24-17-5-3-15(4-6-17)20-11-12-21(30-29-20)31-13-1-2-16(14-31)22(32)28-18-7-9-19(10-8-18)33-23(25,26)27/h3-12,16H,1-2,13-14H2,(H,28,32). The first kappa shape index (κ1) is 22.5. The molecule has 172 valence electrons. The largest absolute Gasteiger partial charge is 0.573 e. The van der Waals surface area contributed by atoms with Crippen LogP contribution in [0, 0.1) is 11.7 Å². The smallest absolute Gasteiger partial charge is 0.406 e. The van der Waals surface area contributed by atoms with Crippen LogP contribution in [-0.4, -0.2) is 35.6 Å². The lowest BCUT2D eigenvalue weighted by Crippen LogP contribution is -2.41. The predicted octanol–water partition coefficient (Wildman–Crippen LogP) is 5.04. The number of piperidine rings is 1. The van der Waals surface area contributed by atoms with Crippen molar-refractivity contribution < 1.29 is 27.1 Å². The molecule has 0 aliphatic carbocycles. The van der Waals surface area contributed by atoms with Gasteiger partial charge in [0.1, 0.15) is 11.6 Å². The van der Waals surface area contributed by atoms with E-state index in [0.717, 1.165) is 30.7 Å². The molecule has 1 aliphatic heterocycles. The summed E-state index contributed by atoms with van der Waals surface area (Å²) in [6.45, 7) is 1.16. The summed E-state index contributed by atoms with van der Waals surface area (Å²) < 4.78 is 53.8. The molecule has 6 nitrogen and oxygen atoms in total. The fourth-order valence-electron chi connectivity index (χ4n) is 3.65. The Morgan fingerprint density at radius 2 is 1.73 bits per heavy atom. The van der Waals surface area contributed by atoms with E-state index in [9.17, 15) is 22.4 Å². The van der Waals surface area contributed by atoms with E-state index < -0.39 is 6.36 Å². The zero-order valence-electron chi connectivity index (χ0n) is 17.3. The average molecular weight is 460 g/mol. The lowest BCUT2D eigenvalue weighted by molar-refractivity contribution is -0.274. The number of benzene rings is 2. The third kappa shape index (κ3) is 5.97. The minimum Gasteiger partial charge on any atom is -0.406 e. The van der Waals surface area contributed by atoms with E-state index in [-0.39, 0.29) is 23.4 Å². The maximum absolute atomic E-state index is 13.1. The molecule has 0 bridgehead atoms. The van der Waals surface area contributed by atoms with Gasteiger partial charge in [-0.05, 0) is 73.5 Å². The molecule has 1 saturated heterocycles. The van der Waals surface area contributed by atoms with Crippen molar-refractivity contribution in [1.29, 1.82) is 0 Å². The molecule has 1 amide bonds. The molecule has 0 radical (unpaired) electrons. The highest BCUT2D eigenvalue weighted by molar-refractivity contribution is 5.93. The van der Waals surface area contributed by atoms with Gasteiger partial charge in [-0.3, -0.25) is 4.79 Å². The van der Waals surface area contributed by atoms with Crippen LogP contribution in [0.5, 0.6) is 5.75 Å². The number of nitrogens with zero attached hydrogens (tertiary/aromatic N) is 3. The second-order valence-electron chi connectivity index (χ2n) is 7.63. The van der Waals surface area contributed by atoms with Gasteiger partial charge in [-0.25, -0.2) is 4.39 Å². The summed E-state index contributed by atoms with van der Waals surface area (Å²) in [5.41, 5.74) is 1.75. The van der Waals surface area contributed by atoms with E-state index >= 15 is 0 Å². The number of hydrogen-bond acceptors (Lipinski definition) is 5. The molecule has 0 spiro atoms. The fourth-order valence-corrected chi connectivity index (χ4v) is 3.65. The third-order valence-corrected chi connectivity index (χ3v) is 5.26. The minimum atomic E-state index is -4.77. The number of anilines is 2. The van der Waals surface area contributed by atoms with Crippen molar-refractivity contribution in [3.8, 4) is 17.0 Å². The maximum Gasteiger partial charge on any atom is 0.573 e. The SMILES string of the molecule is O=C(Nc1ccc(OC(F)(F)F)cc1)C1CCCN(c2ccc(-c3ccc(F)cc3)nn2)C1. The molecular formula is C23H20F4N4O2. The van der Waals surface area contributed by atoms with E-state index in [1.807, 2.05) is 11.0 Å². The van der Waals surface area contributed by atoms with Gasteiger partial charge in [-0.2, -0.15) is 0 Å². The van der Waals surface area contributed by atoms with Crippen molar-refractivity contribution in [2.24, 2.45) is 5.92 Å². The van der Waals surface area contributed by atoms with Gasteiger partial charge in [0, 0.05) is 24.3 Å². The van der Waals surface area contributed by atoms with E-state index in [1.165, 1.54) is 24.3 Å². The molecule has 2 heterocycles. The van der Waals surface area contributed by atoms with E-state index in [2.05, 4.69) is 20.3 Å².